The Bertz CT molecular complexity index is 983. The summed E-state index contributed by atoms with van der Waals surface area (Å²) in [6, 6.07) is 4.50. The highest BCUT2D eigenvalue weighted by Crippen LogP contribution is 2.64. The van der Waals surface area contributed by atoms with Crippen LogP contribution in [0, 0.1) is 18.8 Å². The van der Waals surface area contributed by atoms with Crippen molar-refractivity contribution < 1.29 is 24.2 Å². The van der Waals surface area contributed by atoms with Gasteiger partial charge in [0.2, 0.25) is 17.7 Å². The fourth-order valence-corrected chi connectivity index (χ4v) is 6.66. The number of aliphatic hydroxyl groups excluding tert-OH is 1. The largest absolute Gasteiger partial charge is 0.396 e. The average molecular weight is 506 g/mol. The number of likely N-dealkylation sites (tertiary alicyclic amines) is 1. The molecule has 2 unspecified atom stereocenters. The second kappa shape index (κ2) is 10.1. The third-order valence-electron chi connectivity index (χ3n) is 8.04. The Kier molecular flexibility index (Phi) is 7.46. The van der Waals surface area contributed by atoms with Crippen molar-refractivity contribution in [3.8, 4) is 0 Å². The number of nitrogens with zero attached hydrogens (tertiary/aromatic N) is 1. The third-order valence-corrected chi connectivity index (χ3v) is 8.35. The number of fused-ring (bicyclic) bond motifs is 1. The number of unbranched alkanes of at least 4 members (excludes halogenated alkanes) is 1. The van der Waals surface area contributed by atoms with E-state index in [1.165, 1.54) is 0 Å². The van der Waals surface area contributed by atoms with Crippen LogP contribution in [0.2, 0.25) is 5.02 Å². The zero-order chi connectivity index (χ0) is 25.4. The molecule has 8 nitrogen and oxygen atoms in total. The van der Waals surface area contributed by atoms with Crippen LogP contribution in [0.1, 0.15) is 57.9 Å². The van der Waals surface area contributed by atoms with Crippen LogP contribution in [0.5, 0.6) is 0 Å². The van der Waals surface area contributed by atoms with Gasteiger partial charge in [-0.1, -0.05) is 37.6 Å². The summed E-state index contributed by atoms with van der Waals surface area (Å²) >= 11 is 6.39. The summed E-state index contributed by atoms with van der Waals surface area (Å²) in [7, 11) is 0. The maximum absolute atomic E-state index is 13.9. The molecule has 3 aliphatic rings. The number of aryl methyl sites for hydroxylation is 1. The van der Waals surface area contributed by atoms with E-state index in [-0.39, 0.29) is 24.3 Å². The Morgan fingerprint density at radius 2 is 2.00 bits per heavy atom. The van der Waals surface area contributed by atoms with Gasteiger partial charge in [0, 0.05) is 19.7 Å². The highest BCUT2D eigenvalue weighted by Gasteiger charge is 2.78. The van der Waals surface area contributed by atoms with Gasteiger partial charge in [-0.2, -0.15) is 0 Å². The number of nitrogens with one attached hydrogen (secondary N) is 2. The second-order valence-electron chi connectivity index (χ2n) is 10.0. The number of carbonyl (C=O) groups excluding carboxylic acids is 3. The molecule has 1 spiro atoms. The molecule has 3 heterocycles. The third kappa shape index (κ3) is 4.13. The Morgan fingerprint density at radius 3 is 2.66 bits per heavy atom. The molecule has 192 valence electrons. The fourth-order valence-electron chi connectivity index (χ4n) is 6.39. The summed E-state index contributed by atoms with van der Waals surface area (Å²) in [4.78, 5) is 42.7. The first-order chi connectivity index (χ1) is 16.8. The molecular weight excluding hydrogens is 470 g/mol. The van der Waals surface area contributed by atoms with Gasteiger partial charge in [0.1, 0.15) is 11.6 Å². The molecule has 9 heteroatoms. The minimum Gasteiger partial charge on any atom is -0.396 e. The number of amides is 3. The molecule has 1 aromatic carbocycles. The Hall–Kier alpha value is -2.16. The number of halogens is 1. The Labute approximate surface area is 211 Å². The van der Waals surface area contributed by atoms with Gasteiger partial charge in [-0.15, -0.1) is 0 Å². The van der Waals surface area contributed by atoms with Crippen molar-refractivity contribution >= 4 is 35.0 Å². The van der Waals surface area contributed by atoms with Crippen molar-refractivity contribution in [2.75, 3.05) is 25.0 Å². The minimum absolute atomic E-state index is 0.00375. The molecule has 5 atom stereocenters. The smallest absolute Gasteiger partial charge is 0.250 e. The summed E-state index contributed by atoms with van der Waals surface area (Å²) in [5, 5.41) is 15.6. The van der Waals surface area contributed by atoms with Crippen molar-refractivity contribution in [1.29, 1.82) is 0 Å². The van der Waals surface area contributed by atoms with E-state index in [1.807, 2.05) is 32.9 Å². The standard InChI is InChI=1S/C26H36ClN3O5/c1-4-13-28-22(32)18-19-24(34)30(14-6-7-15-31)21(26(19)12-11-25(18,5-2)35-26)23(33)29-20-16(3)9-8-10-17(20)27/h8-10,18-19,21,31H,4-7,11-15H2,1-3H3,(H,28,32)(H,29,33)/t18-,19-,21?,25+,26?/m0/s1. The fraction of sp³-hybridized carbons (Fsp3) is 0.654. The number of para-hydroxylation sites is 1. The van der Waals surface area contributed by atoms with Gasteiger partial charge in [0.25, 0.3) is 0 Å². The van der Waals surface area contributed by atoms with Crippen LogP contribution in [-0.4, -0.2) is 64.7 Å². The number of aliphatic hydroxyl groups is 1. The molecule has 0 radical (unpaired) electrons. The van der Waals surface area contributed by atoms with Crippen molar-refractivity contribution in [3.05, 3.63) is 28.8 Å². The van der Waals surface area contributed by atoms with Gasteiger partial charge in [0.15, 0.2) is 0 Å². The van der Waals surface area contributed by atoms with E-state index >= 15 is 0 Å². The Balaban J connectivity index is 1.73. The van der Waals surface area contributed by atoms with Crippen molar-refractivity contribution in [3.63, 3.8) is 0 Å². The van der Waals surface area contributed by atoms with E-state index in [0.717, 1.165) is 12.0 Å². The highest BCUT2D eigenvalue weighted by molar-refractivity contribution is 6.34. The van der Waals surface area contributed by atoms with E-state index in [0.29, 0.717) is 55.9 Å². The molecule has 35 heavy (non-hydrogen) atoms. The van der Waals surface area contributed by atoms with Crippen LogP contribution in [-0.2, 0) is 19.1 Å². The SMILES string of the molecule is CCCNC(=O)[C@@H]1[C@H]2C(=O)N(CCCCO)C(C(=O)Nc3c(C)cccc3Cl)C23CC[C@@]1(CC)O3. The molecule has 0 aliphatic carbocycles. The van der Waals surface area contributed by atoms with E-state index in [4.69, 9.17) is 16.3 Å². The Morgan fingerprint density at radius 1 is 1.23 bits per heavy atom. The van der Waals surface area contributed by atoms with Crippen LogP contribution in [0.15, 0.2) is 18.2 Å². The zero-order valence-electron chi connectivity index (χ0n) is 20.7. The number of hydrogen-bond acceptors (Lipinski definition) is 5. The molecular formula is C26H36ClN3O5. The molecule has 1 aromatic rings. The highest BCUT2D eigenvalue weighted by atomic mass is 35.5. The van der Waals surface area contributed by atoms with Crippen LogP contribution < -0.4 is 10.6 Å². The van der Waals surface area contributed by atoms with Crippen LogP contribution in [0.25, 0.3) is 0 Å². The number of carbonyl (C=O) groups is 3. The zero-order valence-corrected chi connectivity index (χ0v) is 21.5. The summed E-state index contributed by atoms with van der Waals surface area (Å²) in [5.41, 5.74) is -0.500. The average Bonchev–Trinajstić information content (AvgIpc) is 3.44. The van der Waals surface area contributed by atoms with Gasteiger partial charge in [-0.05, 0) is 57.1 Å². The van der Waals surface area contributed by atoms with Gasteiger partial charge in [0.05, 0.1) is 28.1 Å². The van der Waals surface area contributed by atoms with Gasteiger partial charge >= 0.3 is 0 Å². The first-order valence-electron chi connectivity index (χ1n) is 12.7. The van der Waals surface area contributed by atoms with Gasteiger partial charge in [-0.3, -0.25) is 14.4 Å². The predicted octanol–water partition coefficient (Wildman–Crippen LogP) is 3.04. The quantitative estimate of drug-likeness (QED) is 0.424. The van der Waals surface area contributed by atoms with Gasteiger partial charge < -0.3 is 25.4 Å². The van der Waals surface area contributed by atoms with Crippen molar-refractivity contribution in [2.24, 2.45) is 11.8 Å². The summed E-state index contributed by atoms with van der Waals surface area (Å²) < 4.78 is 6.71. The molecule has 3 fully saturated rings. The van der Waals surface area contributed by atoms with E-state index in [1.54, 1.807) is 11.0 Å². The number of anilines is 1. The van der Waals surface area contributed by atoms with Gasteiger partial charge in [-0.25, -0.2) is 0 Å². The first-order valence-corrected chi connectivity index (χ1v) is 13.1. The predicted molar refractivity (Wildman–Crippen MR) is 133 cm³/mol. The first kappa shape index (κ1) is 25.9. The number of hydrogen-bond donors (Lipinski definition) is 3. The molecule has 3 aliphatic heterocycles. The number of benzene rings is 1. The second-order valence-corrected chi connectivity index (χ2v) is 10.4. The van der Waals surface area contributed by atoms with E-state index < -0.39 is 29.1 Å². The molecule has 4 rings (SSSR count). The topological polar surface area (TPSA) is 108 Å². The summed E-state index contributed by atoms with van der Waals surface area (Å²) in [6.45, 7) is 6.66. The lowest BCUT2D eigenvalue weighted by atomic mass is 9.65. The van der Waals surface area contributed by atoms with E-state index in [2.05, 4.69) is 10.6 Å². The minimum atomic E-state index is -1.07. The van der Waals surface area contributed by atoms with E-state index in [9.17, 15) is 19.5 Å². The monoisotopic (exact) mass is 505 g/mol. The summed E-state index contributed by atoms with van der Waals surface area (Å²) in [5.74, 6) is -2.11. The van der Waals surface area contributed by atoms with Crippen molar-refractivity contribution in [2.45, 2.75) is 76.5 Å². The van der Waals surface area contributed by atoms with Crippen LogP contribution >= 0.6 is 11.6 Å². The molecule has 3 amide bonds. The summed E-state index contributed by atoms with van der Waals surface area (Å²) in [6.07, 6.45) is 3.59. The molecule has 3 saturated heterocycles. The van der Waals surface area contributed by atoms with Crippen LogP contribution in [0.4, 0.5) is 5.69 Å². The lowest BCUT2D eigenvalue weighted by Crippen LogP contribution is -2.53. The molecule has 2 bridgehead atoms. The number of ether oxygens (including phenoxy) is 1. The maximum Gasteiger partial charge on any atom is 0.250 e. The molecule has 3 N–H and O–H groups in total. The lowest BCUT2D eigenvalue weighted by molar-refractivity contribution is -0.146. The van der Waals surface area contributed by atoms with Crippen molar-refractivity contribution in [1.82, 2.24) is 10.2 Å². The normalized spacial score (nSPS) is 31.1. The number of rotatable bonds is 10. The molecule has 0 saturated carbocycles. The maximum atomic E-state index is 13.9. The molecule has 0 aromatic heterocycles. The van der Waals surface area contributed by atoms with Crippen LogP contribution in [0.3, 0.4) is 0 Å². The lowest BCUT2D eigenvalue weighted by Gasteiger charge is -2.34.